The number of H-pyrrole nitrogens is 1. The first-order valence-electron chi connectivity index (χ1n) is 10.5. The molecule has 1 aliphatic carbocycles. The van der Waals surface area contributed by atoms with Gasteiger partial charge in [-0.1, -0.05) is 42.5 Å². The van der Waals surface area contributed by atoms with Gasteiger partial charge in [-0.05, 0) is 42.0 Å². The number of aromatic amines is 1. The van der Waals surface area contributed by atoms with E-state index in [0.717, 1.165) is 30.3 Å². The highest BCUT2D eigenvalue weighted by Gasteiger charge is 2.51. The van der Waals surface area contributed by atoms with Crippen LogP contribution in [-0.4, -0.2) is 40.1 Å². The van der Waals surface area contributed by atoms with Crippen LogP contribution >= 0.6 is 0 Å². The lowest BCUT2D eigenvalue weighted by molar-refractivity contribution is -0.133. The molecule has 5 heteroatoms. The fourth-order valence-electron chi connectivity index (χ4n) is 5.37. The third-order valence-electron chi connectivity index (χ3n) is 7.05. The molecule has 1 spiro atoms. The fraction of sp³-hybridized carbons (Fsp3) is 0.375. The van der Waals surface area contributed by atoms with Crippen LogP contribution in [0.4, 0.5) is 0 Å². The van der Waals surface area contributed by atoms with Crippen LogP contribution in [0.1, 0.15) is 42.0 Å². The van der Waals surface area contributed by atoms with E-state index in [9.17, 15) is 9.90 Å². The molecule has 1 saturated heterocycles. The minimum absolute atomic E-state index is 0.190. The molecule has 29 heavy (non-hydrogen) atoms. The van der Waals surface area contributed by atoms with E-state index in [1.807, 2.05) is 41.4 Å². The van der Waals surface area contributed by atoms with Crippen molar-refractivity contribution in [3.63, 3.8) is 0 Å². The Morgan fingerprint density at radius 2 is 1.86 bits per heavy atom. The smallest absolute Gasteiger partial charge is 0.222 e. The predicted molar refractivity (Wildman–Crippen MR) is 113 cm³/mol. The summed E-state index contributed by atoms with van der Waals surface area (Å²) in [5.41, 5.74) is 10.5. The van der Waals surface area contributed by atoms with Gasteiger partial charge < -0.3 is 20.7 Å². The number of carbonyl (C=O) groups is 1. The maximum absolute atomic E-state index is 12.9. The van der Waals surface area contributed by atoms with Crippen molar-refractivity contribution in [2.24, 2.45) is 5.73 Å². The lowest BCUT2D eigenvalue weighted by atomic mass is 9.72. The lowest BCUT2D eigenvalue weighted by Crippen LogP contribution is -2.50. The van der Waals surface area contributed by atoms with Crippen molar-refractivity contribution in [1.82, 2.24) is 9.88 Å². The number of fused-ring (bicyclic) bond motifs is 3. The molecular weight excluding hydrogens is 362 g/mol. The molecule has 5 rings (SSSR count). The molecule has 4 N–H and O–H groups in total. The first-order chi connectivity index (χ1) is 14.1. The van der Waals surface area contributed by atoms with Crippen molar-refractivity contribution in [2.75, 3.05) is 13.1 Å². The molecule has 3 aromatic rings. The SMILES string of the molecule is N[C@@H]1c2ccccc2C2(CCN(C(=O)CCc3c[nH]c4ccccc34)CC2)[C@H]1O. The summed E-state index contributed by atoms with van der Waals surface area (Å²) in [6.45, 7) is 1.34. The van der Waals surface area contributed by atoms with Gasteiger partial charge in [0.05, 0.1) is 12.1 Å². The standard InChI is InChI=1S/C24H27N3O2/c25-22-18-6-1-3-7-19(18)24(23(22)29)11-13-27(14-12-24)21(28)10-9-16-15-26-20-8-4-2-5-17(16)20/h1-8,15,22-23,26,29H,9-14,25H2/t22-,23+/m1/s1. The Kier molecular flexibility index (Phi) is 4.45. The van der Waals surface area contributed by atoms with Crippen LogP contribution in [0.25, 0.3) is 10.9 Å². The summed E-state index contributed by atoms with van der Waals surface area (Å²) in [5.74, 6) is 0.190. The molecule has 2 atom stereocenters. The molecule has 150 valence electrons. The summed E-state index contributed by atoms with van der Waals surface area (Å²) in [6, 6.07) is 16.0. The number of hydrogen-bond donors (Lipinski definition) is 3. The average Bonchev–Trinajstić information content (AvgIpc) is 3.27. The van der Waals surface area contributed by atoms with E-state index in [0.29, 0.717) is 19.5 Å². The summed E-state index contributed by atoms with van der Waals surface area (Å²) in [7, 11) is 0. The molecule has 1 fully saturated rings. The van der Waals surface area contributed by atoms with Gasteiger partial charge in [-0.25, -0.2) is 0 Å². The number of likely N-dealkylation sites (tertiary alicyclic amines) is 1. The van der Waals surface area contributed by atoms with E-state index >= 15 is 0 Å². The minimum Gasteiger partial charge on any atom is -0.390 e. The maximum Gasteiger partial charge on any atom is 0.222 e. The summed E-state index contributed by atoms with van der Waals surface area (Å²) in [6.07, 6.45) is 4.20. The van der Waals surface area contributed by atoms with E-state index in [1.54, 1.807) is 0 Å². The number of aliphatic hydroxyl groups excluding tert-OH is 1. The van der Waals surface area contributed by atoms with E-state index < -0.39 is 6.10 Å². The zero-order valence-corrected chi connectivity index (χ0v) is 16.5. The molecule has 0 saturated carbocycles. The van der Waals surface area contributed by atoms with Crippen LogP contribution in [-0.2, 0) is 16.6 Å². The van der Waals surface area contributed by atoms with Crippen molar-refractivity contribution in [3.8, 4) is 0 Å². The fourth-order valence-corrected chi connectivity index (χ4v) is 5.37. The van der Waals surface area contributed by atoms with Crippen molar-refractivity contribution in [1.29, 1.82) is 0 Å². The molecule has 0 bridgehead atoms. The number of amides is 1. The number of nitrogens with one attached hydrogen (secondary N) is 1. The normalized spacial score (nSPS) is 22.9. The van der Waals surface area contributed by atoms with Crippen LogP contribution in [0, 0.1) is 0 Å². The van der Waals surface area contributed by atoms with Crippen LogP contribution in [0.2, 0.25) is 0 Å². The molecule has 0 radical (unpaired) electrons. The molecule has 2 aromatic carbocycles. The number of rotatable bonds is 3. The van der Waals surface area contributed by atoms with Gasteiger partial charge in [-0.15, -0.1) is 0 Å². The van der Waals surface area contributed by atoms with Gasteiger partial charge in [0.25, 0.3) is 0 Å². The molecule has 5 nitrogen and oxygen atoms in total. The summed E-state index contributed by atoms with van der Waals surface area (Å²) in [5, 5.41) is 12.1. The van der Waals surface area contributed by atoms with Crippen LogP contribution in [0.15, 0.2) is 54.7 Å². The Bertz CT molecular complexity index is 1050. The zero-order chi connectivity index (χ0) is 20.0. The number of benzene rings is 2. The summed E-state index contributed by atoms with van der Waals surface area (Å²) >= 11 is 0. The van der Waals surface area contributed by atoms with E-state index in [-0.39, 0.29) is 17.4 Å². The lowest BCUT2D eigenvalue weighted by Gasteiger charge is -2.42. The van der Waals surface area contributed by atoms with Crippen molar-refractivity contribution in [3.05, 3.63) is 71.4 Å². The number of aliphatic hydroxyl groups is 1. The van der Waals surface area contributed by atoms with Gasteiger partial charge in [0.2, 0.25) is 5.91 Å². The van der Waals surface area contributed by atoms with Crippen molar-refractivity contribution >= 4 is 16.8 Å². The Hall–Kier alpha value is -2.63. The predicted octanol–water partition coefficient (Wildman–Crippen LogP) is 3.04. The maximum atomic E-state index is 12.9. The Morgan fingerprint density at radius 1 is 1.14 bits per heavy atom. The van der Waals surface area contributed by atoms with Gasteiger partial charge in [0.15, 0.2) is 0 Å². The number of para-hydroxylation sites is 1. The zero-order valence-electron chi connectivity index (χ0n) is 16.5. The van der Waals surface area contributed by atoms with Gasteiger partial charge in [0.1, 0.15) is 0 Å². The number of carbonyl (C=O) groups excluding carboxylic acids is 1. The second-order valence-electron chi connectivity index (χ2n) is 8.45. The highest BCUT2D eigenvalue weighted by atomic mass is 16.3. The second-order valence-corrected chi connectivity index (χ2v) is 8.45. The molecule has 1 amide bonds. The van der Waals surface area contributed by atoms with Gasteiger partial charge >= 0.3 is 0 Å². The number of nitrogens with two attached hydrogens (primary N) is 1. The van der Waals surface area contributed by atoms with Crippen LogP contribution < -0.4 is 5.73 Å². The Morgan fingerprint density at radius 3 is 2.69 bits per heavy atom. The highest BCUT2D eigenvalue weighted by Crippen LogP contribution is 2.50. The van der Waals surface area contributed by atoms with Crippen molar-refractivity contribution < 1.29 is 9.90 Å². The first-order valence-corrected chi connectivity index (χ1v) is 10.5. The molecule has 2 heterocycles. The monoisotopic (exact) mass is 389 g/mol. The molecule has 2 aliphatic rings. The third-order valence-corrected chi connectivity index (χ3v) is 7.05. The highest BCUT2D eigenvalue weighted by molar-refractivity contribution is 5.84. The Labute approximate surface area is 170 Å². The minimum atomic E-state index is -0.580. The topological polar surface area (TPSA) is 82.3 Å². The van der Waals surface area contributed by atoms with Crippen molar-refractivity contribution in [2.45, 2.75) is 43.2 Å². The van der Waals surface area contributed by atoms with Crippen LogP contribution in [0.5, 0.6) is 0 Å². The van der Waals surface area contributed by atoms with E-state index in [4.69, 9.17) is 5.73 Å². The number of hydrogen-bond acceptors (Lipinski definition) is 3. The first kappa shape index (κ1) is 18.4. The van der Waals surface area contributed by atoms with Crippen LogP contribution in [0.3, 0.4) is 0 Å². The quantitative estimate of drug-likeness (QED) is 0.644. The molecular formula is C24H27N3O2. The number of aromatic nitrogens is 1. The number of piperidine rings is 1. The largest absolute Gasteiger partial charge is 0.390 e. The van der Waals surface area contributed by atoms with E-state index in [2.05, 4.69) is 23.2 Å². The number of nitrogens with zero attached hydrogens (tertiary/aromatic N) is 1. The number of aryl methyl sites for hydroxylation is 1. The summed E-state index contributed by atoms with van der Waals surface area (Å²) in [4.78, 5) is 18.1. The van der Waals surface area contributed by atoms with Gasteiger partial charge in [0, 0.05) is 42.0 Å². The Balaban J connectivity index is 1.26. The molecule has 1 aliphatic heterocycles. The summed E-state index contributed by atoms with van der Waals surface area (Å²) < 4.78 is 0. The molecule has 1 aromatic heterocycles. The van der Waals surface area contributed by atoms with E-state index in [1.165, 1.54) is 16.5 Å². The second kappa shape index (κ2) is 7.01. The third kappa shape index (κ3) is 2.88. The van der Waals surface area contributed by atoms with Gasteiger partial charge in [-0.2, -0.15) is 0 Å². The van der Waals surface area contributed by atoms with Gasteiger partial charge in [-0.3, -0.25) is 4.79 Å². The average molecular weight is 389 g/mol. The molecule has 0 unspecified atom stereocenters.